The molecule has 0 aromatic heterocycles. The van der Waals surface area contributed by atoms with E-state index < -0.39 is 0 Å². The SMILES string of the molecule is CC1=C2C(=CC=CC(C)(C(C)C)C2c2ccccc2)CC1. The van der Waals surface area contributed by atoms with Gasteiger partial charge in [0, 0.05) is 5.92 Å². The summed E-state index contributed by atoms with van der Waals surface area (Å²) >= 11 is 0. The van der Waals surface area contributed by atoms with E-state index in [9.17, 15) is 0 Å². The fourth-order valence-electron chi connectivity index (χ4n) is 3.95. The molecule has 3 rings (SSSR count). The van der Waals surface area contributed by atoms with Crippen molar-refractivity contribution in [2.24, 2.45) is 11.3 Å². The maximum atomic E-state index is 2.45. The summed E-state index contributed by atoms with van der Waals surface area (Å²) in [6.07, 6.45) is 9.54. The van der Waals surface area contributed by atoms with Gasteiger partial charge in [-0.25, -0.2) is 0 Å². The van der Waals surface area contributed by atoms with Gasteiger partial charge in [-0.15, -0.1) is 0 Å². The third-order valence-electron chi connectivity index (χ3n) is 5.62. The predicted octanol–water partition coefficient (Wildman–Crippen LogP) is 6.04. The van der Waals surface area contributed by atoms with Gasteiger partial charge < -0.3 is 0 Å². The lowest BCUT2D eigenvalue weighted by molar-refractivity contribution is 0.260. The summed E-state index contributed by atoms with van der Waals surface area (Å²) in [6.45, 7) is 9.48. The summed E-state index contributed by atoms with van der Waals surface area (Å²) in [5.41, 5.74) is 6.39. The Morgan fingerprint density at radius 3 is 2.48 bits per heavy atom. The van der Waals surface area contributed by atoms with Gasteiger partial charge in [0.2, 0.25) is 0 Å². The van der Waals surface area contributed by atoms with E-state index in [0.29, 0.717) is 11.8 Å². The quantitative estimate of drug-likeness (QED) is 0.618. The number of hydrogen-bond acceptors (Lipinski definition) is 0. The molecule has 0 heteroatoms. The Kier molecular flexibility index (Phi) is 3.65. The maximum absolute atomic E-state index is 2.45. The third kappa shape index (κ3) is 2.31. The Morgan fingerprint density at radius 2 is 1.81 bits per heavy atom. The van der Waals surface area contributed by atoms with E-state index in [1.165, 1.54) is 18.4 Å². The van der Waals surface area contributed by atoms with Crippen molar-refractivity contribution in [3.63, 3.8) is 0 Å². The third-order valence-corrected chi connectivity index (χ3v) is 5.62. The van der Waals surface area contributed by atoms with Gasteiger partial charge in [0.25, 0.3) is 0 Å². The van der Waals surface area contributed by atoms with E-state index in [1.54, 1.807) is 16.7 Å². The molecule has 0 N–H and O–H groups in total. The highest BCUT2D eigenvalue weighted by atomic mass is 14.4. The molecule has 110 valence electrons. The molecule has 0 heterocycles. The molecule has 0 aliphatic heterocycles. The van der Waals surface area contributed by atoms with E-state index in [-0.39, 0.29) is 5.41 Å². The molecule has 0 spiro atoms. The number of fused-ring (bicyclic) bond motifs is 1. The first kappa shape index (κ1) is 14.4. The molecule has 2 aliphatic rings. The molecular weight excluding hydrogens is 252 g/mol. The van der Waals surface area contributed by atoms with Crippen LogP contribution in [0.15, 0.2) is 65.3 Å². The van der Waals surface area contributed by atoms with Crippen LogP contribution in [0.3, 0.4) is 0 Å². The van der Waals surface area contributed by atoms with E-state index >= 15 is 0 Å². The molecule has 0 amide bonds. The molecule has 1 aromatic carbocycles. The van der Waals surface area contributed by atoms with Crippen LogP contribution in [-0.4, -0.2) is 0 Å². The van der Waals surface area contributed by atoms with Gasteiger partial charge in [0.15, 0.2) is 0 Å². The highest BCUT2D eigenvalue weighted by Crippen LogP contribution is 2.54. The van der Waals surface area contributed by atoms with Gasteiger partial charge >= 0.3 is 0 Å². The molecule has 0 fully saturated rings. The minimum atomic E-state index is 0.167. The first-order chi connectivity index (χ1) is 10.0. The largest absolute Gasteiger partial charge is 0.0774 e. The molecule has 0 saturated heterocycles. The van der Waals surface area contributed by atoms with Gasteiger partial charge in [-0.1, -0.05) is 74.9 Å². The Hall–Kier alpha value is -1.56. The van der Waals surface area contributed by atoms with Crippen LogP contribution in [0.2, 0.25) is 0 Å². The average molecular weight is 278 g/mol. The second-order valence-electron chi connectivity index (χ2n) is 7.11. The summed E-state index contributed by atoms with van der Waals surface area (Å²) in [5, 5.41) is 0. The van der Waals surface area contributed by atoms with E-state index in [1.807, 2.05) is 0 Å². The summed E-state index contributed by atoms with van der Waals surface area (Å²) in [6, 6.07) is 11.1. The van der Waals surface area contributed by atoms with Crippen molar-refractivity contribution in [3.05, 3.63) is 70.8 Å². The van der Waals surface area contributed by atoms with Gasteiger partial charge in [0.1, 0.15) is 0 Å². The van der Waals surface area contributed by atoms with Crippen molar-refractivity contribution in [3.8, 4) is 0 Å². The van der Waals surface area contributed by atoms with Crippen LogP contribution in [0.4, 0.5) is 0 Å². The van der Waals surface area contributed by atoms with Crippen LogP contribution in [0.1, 0.15) is 52.0 Å². The Morgan fingerprint density at radius 1 is 1.10 bits per heavy atom. The van der Waals surface area contributed by atoms with E-state index in [4.69, 9.17) is 0 Å². The van der Waals surface area contributed by atoms with Gasteiger partial charge in [-0.05, 0) is 47.8 Å². The topological polar surface area (TPSA) is 0 Å². The van der Waals surface area contributed by atoms with Crippen LogP contribution in [0.25, 0.3) is 0 Å². The summed E-state index contributed by atoms with van der Waals surface area (Å²) in [4.78, 5) is 0. The van der Waals surface area contributed by atoms with Crippen LogP contribution in [0, 0.1) is 11.3 Å². The standard InChI is InChI=1S/C21H26/c1-15(2)21(4)14-8-11-17-13-12-16(3)19(17)20(21)18-9-6-5-7-10-18/h5-11,14-15,20H,12-13H2,1-4H3. The highest BCUT2D eigenvalue weighted by Gasteiger charge is 2.41. The fourth-order valence-corrected chi connectivity index (χ4v) is 3.95. The van der Waals surface area contributed by atoms with Crippen LogP contribution < -0.4 is 0 Å². The monoisotopic (exact) mass is 278 g/mol. The van der Waals surface area contributed by atoms with Crippen molar-refractivity contribution < 1.29 is 0 Å². The number of allylic oxidation sites excluding steroid dienone is 6. The Balaban J connectivity index is 2.22. The lowest BCUT2D eigenvalue weighted by Gasteiger charge is -2.40. The smallest absolute Gasteiger partial charge is 0.0182 e. The number of hydrogen-bond donors (Lipinski definition) is 0. The minimum Gasteiger partial charge on any atom is -0.0774 e. The van der Waals surface area contributed by atoms with Crippen LogP contribution in [0.5, 0.6) is 0 Å². The molecule has 2 unspecified atom stereocenters. The predicted molar refractivity (Wildman–Crippen MR) is 91.3 cm³/mol. The van der Waals surface area contributed by atoms with Crippen molar-refractivity contribution in [2.45, 2.75) is 46.5 Å². The van der Waals surface area contributed by atoms with Crippen molar-refractivity contribution in [2.75, 3.05) is 0 Å². The zero-order valence-electron chi connectivity index (χ0n) is 13.7. The molecular formula is C21H26. The van der Waals surface area contributed by atoms with E-state index in [0.717, 1.165) is 0 Å². The molecule has 2 atom stereocenters. The highest BCUT2D eigenvalue weighted by molar-refractivity contribution is 5.53. The lowest BCUT2D eigenvalue weighted by atomic mass is 9.63. The van der Waals surface area contributed by atoms with Crippen molar-refractivity contribution in [1.82, 2.24) is 0 Å². The van der Waals surface area contributed by atoms with Crippen molar-refractivity contribution in [1.29, 1.82) is 0 Å². The minimum absolute atomic E-state index is 0.167. The molecule has 0 radical (unpaired) electrons. The number of benzene rings is 1. The second kappa shape index (κ2) is 5.33. The average Bonchev–Trinajstić information content (AvgIpc) is 2.74. The normalized spacial score (nSPS) is 28.6. The molecule has 2 aliphatic carbocycles. The lowest BCUT2D eigenvalue weighted by Crippen LogP contribution is -2.30. The first-order valence-corrected chi connectivity index (χ1v) is 8.17. The summed E-state index contributed by atoms with van der Waals surface area (Å²) in [7, 11) is 0. The van der Waals surface area contributed by atoms with E-state index in [2.05, 4.69) is 76.3 Å². The number of rotatable bonds is 2. The molecule has 0 nitrogen and oxygen atoms in total. The second-order valence-corrected chi connectivity index (χ2v) is 7.11. The Bertz CT molecular complexity index is 613. The Labute approximate surface area is 129 Å². The van der Waals surface area contributed by atoms with Gasteiger partial charge in [-0.3, -0.25) is 0 Å². The fraction of sp³-hybridized carbons (Fsp3) is 0.429. The van der Waals surface area contributed by atoms with Crippen LogP contribution >= 0.6 is 0 Å². The molecule has 0 bridgehead atoms. The van der Waals surface area contributed by atoms with Crippen LogP contribution in [-0.2, 0) is 0 Å². The molecule has 0 saturated carbocycles. The zero-order valence-corrected chi connectivity index (χ0v) is 13.7. The molecule has 1 aromatic rings. The first-order valence-electron chi connectivity index (χ1n) is 8.17. The van der Waals surface area contributed by atoms with Gasteiger partial charge in [0.05, 0.1) is 0 Å². The molecule has 21 heavy (non-hydrogen) atoms. The summed E-state index contributed by atoms with van der Waals surface area (Å²) in [5.74, 6) is 1.08. The van der Waals surface area contributed by atoms with Gasteiger partial charge in [-0.2, -0.15) is 0 Å². The van der Waals surface area contributed by atoms with Crippen molar-refractivity contribution >= 4 is 0 Å². The summed E-state index contributed by atoms with van der Waals surface area (Å²) < 4.78 is 0. The zero-order chi connectivity index (χ0) is 15.0. The maximum Gasteiger partial charge on any atom is 0.0182 e.